The van der Waals surface area contributed by atoms with Crippen molar-refractivity contribution in [1.82, 2.24) is 0 Å². The van der Waals surface area contributed by atoms with Gasteiger partial charge < -0.3 is 5.73 Å². The number of alkyl halides is 3. The average Bonchev–Trinajstić information content (AvgIpc) is 2.07. The molecule has 0 aliphatic heterocycles. The zero-order valence-corrected chi connectivity index (χ0v) is 9.56. The quantitative estimate of drug-likeness (QED) is 0.792. The summed E-state index contributed by atoms with van der Waals surface area (Å²) in [5.41, 5.74) is 5.98. The zero-order valence-electron chi connectivity index (χ0n) is 7.40. The van der Waals surface area contributed by atoms with Crippen LogP contribution < -0.4 is 5.73 Å². The fourth-order valence-corrected chi connectivity index (χ4v) is 1.39. The molecular weight excluding hydrogens is 306 g/mol. The van der Waals surface area contributed by atoms with E-state index in [0.717, 1.165) is 9.13 Å². The molecule has 0 aromatic heterocycles. The van der Waals surface area contributed by atoms with Crippen LogP contribution in [0.5, 0.6) is 0 Å². The summed E-state index contributed by atoms with van der Waals surface area (Å²) in [4.78, 5) is 0. The van der Waals surface area contributed by atoms with Gasteiger partial charge in [0.25, 0.3) is 0 Å². The molecule has 0 amide bonds. The summed E-state index contributed by atoms with van der Waals surface area (Å²) < 4.78 is 37.7. The minimum atomic E-state index is -4.38. The molecule has 0 bridgehead atoms. The maximum Gasteiger partial charge on any atom is 0.407 e. The number of benzene rings is 1. The van der Waals surface area contributed by atoms with Gasteiger partial charge in [-0.1, -0.05) is 12.1 Å². The first-order valence-corrected chi connectivity index (χ1v) is 4.98. The van der Waals surface area contributed by atoms with Crippen molar-refractivity contribution in [2.45, 2.75) is 19.1 Å². The predicted molar refractivity (Wildman–Crippen MR) is 56.9 cm³/mol. The summed E-state index contributed by atoms with van der Waals surface area (Å²) in [5.74, 6) is 0. The molecule has 0 aliphatic carbocycles. The molecule has 0 saturated heterocycles. The minimum Gasteiger partial charge on any atom is -0.316 e. The molecule has 1 rings (SSSR count). The molecule has 0 saturated carbocycles. The van der Waals surface area contributed by atoms with E-state index in [0.29, 0.717) is 0 Å². The highest BCUT2D eigenvalue weighted by molar-refractivity contribution is 14.1. The summed E-state index contributed by atoms with van der Waals surface area (Å²) in [6.07, 6.45) is -4.38. The van der Waals surface area contributed by atoms with Gasteiger partial charge in [-0.15, -0.1) is 0 Å². The van der Waals surface area contributed by atoms with Crippen molar-refractivity contribution in [2.24, 2.45) is 5.73 Å². The third kappa shape index (κ3) is 2.60. The van der Waals surface area contributed by atoms with Gasteiger partial charge in [0.2, 0.25) is 0 Å². The lowest BCUT2D eigenvalue weighted by Crippen LogP contribution is -2.28. The smallest absolute Gasteiger partial charge is 0.316 e. The Kier molecular flexibility index (Phi) is 3.41. The molecule has 78 valence electrons. The molecule has 0 spiro atoms. The van der Waals surface area contributed by atoms with Crippen LogP contribution in [0.3, 0.4) is 0 Å². The Morgan fingerprint density at radius 2 is 1.93 bits per heavy atom. The third-order valence-corrected chi connectivity index (χ3v) is 3.10. The van der Waals surface area contributed by atoms with Crippen LogP contribution >= 0.6 is 22.6 Å². The average molecular weight is 315 g/mol. The van der Waals surface area contributed by atoms with Crippen molar-refractivity contribution >= 4 is 22.6 Å². The first-order valence-electron chi connectivity index (χ1n) is 3.90. The van der Waals surface area contributed by atoms with E-state index >= 15 is 0 Å². The second-order valence-electron chi connectivity index (χ2n) is 3.03. The summed E-state index contributed by atoms with van der Waals surface area (Å²) in [6, 6.07) is 2.63. The van der Waals surface area contributed by atoms with Gasteiger partial charge in [-0.25, -0.2) is 0 Å². The Balaban J connectivity index is 3.03. The molecular formula is C9H9F3IN. The van der Waals surface area contributed by atoms with Gasteiger partial charge in [0.1, 0.15) is 6.04 Å². The Morgan fingerprint density at radius 1 is 1.36 bits per heavy atom. The number of halogens is 4. The lowest BCUT2D eigenvalue weighted by molar-refractivity contribution is -0.149. The van der Waals surface area contributed by atoms with Crippen molar-refractivity contribution in [3.63, 3.8) is 0 Å². The number of hydrogen-bond donors (Lipinski definition) is 1. The minimum absolute atomic E-state index is 0.107. The number of rotatable bonds is 1. The summed E-state index contributed by atoms with van der Waals surface area (Å²) >= 11 is 2.06. The molecule has 5 heteroatoms. The van der Waals surface area contributed by atoms with Gasteiger partial charge in [-0.05, 0) is 46.7 Å². The van der Waals surface area contributed by atoms with Crippen LogP contribution in [0.1, 0.15) is 17.2 Å². The number of hydrogen-bond acceptors (Lipinski definition) is 1. The fraction of sp³-hybridized carbons (Fsp3) is 0.333. The van der Waals surface area contributed by atoms with Crippen LogP contribution in [-0.2, 0) is 0 Å². The first kappa shape index (κ1) is 11.8. The van der Waals surface area contributed by atoms with Crippen molar-refractivity contribution in [1.29, 1.82) is 0 Å². The largest absolute Gasteiger partial charge is 0.407 e. The second kappa shape index (κ2) is 4.06. The topological polar surface area (TPSA) is 26.0 Å². The van der Waals surface area contributed by atoms with Crippen molar-refractivity contribution in [3.8, 4) is 0 Å². The van der Waals surface area contributed by atoms with Gasteiger partial charge >= 0.3 is 6.18 Å². The molecule has 0 aliphatic rings. The van der Waals surface area contributed by atoms with Crippen LogP contribution in [0.2, 0.25) is 0 Å². The standard InChI is InChI=1S/C9H9F3IN/c1-5-4-6(2-3-7(5)13)8(14)9(10,11)12/h2-4,8H,14H2,1H3/t8-/m0/s1. The molecule has 1 nitrogen and oxygen atoms in total. The van der Waals surface area contributed by atoms with Crippen LogP contribution in [-0.4, -0.2) is 6.18 Å². The molecule has 0 fully saturated rings. The summed E-state index contributed by atoms with van der Waals surface area (Å²) in [6.45, 7) is 1.76. The van der Waals surface area contributed by atoms with Crippen LogP contribution in [0, 0.1) is 10.5 Å². The second-order valence-corrected chi connectivity index (χ2v) is 4.19. The van der Waals surface area contributed by atoms with E-state index < -0.39 is 12.2 Å². The Labute approximate surface area is 93.6 Å². The summed E-state index contributed by atoms with van der Waals surface area (Å²) in [5, 5.41) is 0. The van der Waals surface area contributed by atoms with Crippen LogP contribution in [0.4, 0.5) is 13.2 Å². The number of nitrogens with two attached hydrogens (primary N) is 1. The van der Waals surface area contributed by atoms with Gasteiger partial charge in [0.05, 0.1) is 0 Å². The molecule has 1 aromatic rings. The lowest BCUT2D eigenvalue weighted by atomic mass is 10.1. The SMILES string of the molecule is Cc1cc([C@H](N)C(F)(F)F)ccc1I. The lowest BCUT2D eigenvalue weighted by Gasteiger charge is -2.16. The fourth-order valence-electron chi connectivity index (χ4n) is 1.05. The van der Waals surface area contributed by atoms with E-state index in [1.54, 1.807) is 13.0 Å². The molecule has 0 radical (unpaired) electrons. The Bertz CT molecular complexity index is 335. The third-order valence-electron chi connectivity index (χ3n) is 1.89. The van der Waals surface area contributed by atoms with E-state index in [2.05, 4.69) is 22.6 Å². The molecule has 14 heavy (non-hydrogen) atoms. The first-order chi connectivity index (χ1) is 6.32. The summed E-state index contributed by atoms with van der Waals surface area (Å²) in [7, 11) is 0. The highest BCUT2D eigenvalue weighted by atomic mass is 127. The van der Waals surface area contributed by atoms with E-state index in [9.17, 15) is 13.2 Å². The molecule has 0 unspecified atom stereocenters. The van der Waals surface area contributed by atoms with E-state index in [1.165, 1.54) is 12.1 Å². The van der Waals surface area contributed by atoms with E-state index in [4.69, 9.17) is 5.73 Å². The van der Waals surface area contributed by atoms with Gasteiger partial charge in [-0.2, -0.15) is 13.2 Å². The Morgan fingerprint density at radius 3 is 2.36 bits per heavy atom. The van der Waals surface area contributed by atoms with E-state index in [-0.39, 0.29) is 5.56 Å². The van der Waals surface area contributed by atoms with Gasteiger partial charge in [0, 0.05) is 3.57 Å². The van der Waals surface area contributed by atoms with Gasteiger partial charge in [0.15, 0.2) is 0 Å². The molecule has 0 heterocycles. The van der Waals surface area contributed by atoms with Crippen molar-refractivity contribution in [2.75, 3.05) is 0 Å². The van der Waals surface area contributed by atoms with Gasteiger partial charge in [-0.3, -0.25) is 0 Å². The van der Waals surface area contributed by atoms with Crippen LogP contribution in [0.25, 0.3) is 0 Å². The zero-order chi connectivity index (χ0) is 10.9. The molecule has 2 N–H and O–H groups in total. The molecule has 1 atom stereocenters. The van der Waals surface area contributed by atoms with Crippen molar-refractivity contribution in [3.05, 3.63) is 32.9 Å². The predicted octanol–water partition coefficient (Wildman–Crippen LogP) is 3.16. The monoisotopic (exact) mass is 315 g/mol. The highest BCUT2D eigenvalue weighted by Gasteiger charge is 2.37. The van der Waals surface area contributed by atoms with Crippen molar-refractivity contribution < 1.29 is 13.2 Å². The maximum atomic E-state index is 12.2. The van der Waals surface area contributed by atoms with Crippen LogP contribution in [0.15, 0.2) is 18.2 Å². The highest BCUT2D eigenvalue weighted by Crippen LogP contribution is 2.31. The normalized spacial score (nSPS) is 14.1. The maximum absolute atomic E-state index is 12.2. The molecule has 1 aromatic carbocycles. The van der Waals surface area contributed by atoms with E-state index in [1.807, 2.05) is 0 Å². The number of aryl methyl sites for hydroxylation is 1. The Hall–Kier alpha value is -0.300.